The number of anilines is 1. The van der Waals surface area contributed by atoms with E-state index in [1.54, 1.807) is 23.7 Å². The molecule has 2 aromatic carbocycles. The highest BCUT2D eigenvalue weighted by Crippen LogP contribution is 2.30. The second-order valence-electron chi connectivity index (χ2n) is 10.6. The first-order valence-corrected chi connectivity index (χ1v) is 14.0. The van der Waals surface area contributed by atoms with Gasteiger partial charge in [0.05, 0.1) is 36.7 Å². The third-order valence-electron chi connectivity index (χ3n) is 7.54. The van der Waals surface area contributed by atoms with Gasteiger partial charge in [-0.2, -0.15) is 0 Å². The van der Waals surface area contributed by atoms with Crippen LogP contribution < -0.4 is 5.32 Å². The third-order valence-corrected chi connectivity index (χ3v) is 7.54. The molecule has 3 heterocycles. The fraction of sp³-hybridized carbons (Fsp3) is 0.333. The molecule has 0 aliphatic carbocycles. The Morgan fingerprint density at radius 2 is 1.91 bits per heavy atom. The number of rotatable bonds is 11. The quantitative estimate of drug-likeness (QED) is 0.224. The van der Waals surface area contributed by atoms with Gasteiger partial charge in [-0.15, -0.1) is 0 Å². The fourth-order valence-electron chi connectivity index (χ4n) is 5.28. The van der Waals surface area contributed by atoms with Crippen LogP contribution in [0.3, 0.4) is 0 Å². The highest BCUT2D eigenvalue weighted by molar-refractivity contribution is 5.91. The van der Waals surface area contributed by atoms with Gasteiger partial charge in [-0.3, -0.25) is 4.90 Å². The minimum absolute atomic E-state index is 0.0371. The Morgan fingerprint density at radius 1 is 1.13 bits per heavy atom. The molecule has 0 saturated carbocycles. The summed E-state index contributed by atoms with van der Waals surface area (Å²) >= 11 is 0. The Hall–Kier alpha value is -5.31. The van der Waals surface area contributed by atoms with E-state index in [4.69, 9.17) is 9.47 Å². The lowest BCUT2D eigenvalue weighted by molar-refractivity contribution is -0.141. The van der Waals surface area contributed by atoms with E-state index in [-0.39, 0.29) is 44.1 Å². The highest BCUT2D eigenvalue weighted by Gasteiger charge is 2.40. The van der Waals surface area contributed by atoms with Gasteiger partial charge in [-0.05, 0) is 23.8 Å². The van der Waals surface area contributed by atoms with Crippen LogP contribution >= 0.6 is 0 Å². The number of halogens is 1. The summed E-state index contributed by atoms with van der Waals surface area (Å²) in [6, 6.07) is 12.1. The zero-order valence-corrected chi connectivity index (χ0v) is 24.5. The highest BCUT2D eigenvalue weighted by atomic mass is 19.1. The Kier molecular flexibility index (Phi) is 9.37. The number of imidazole rings is 1. The molecule has 1 unspecified atom stereocenters. The van der Waals surface area contributed by atoms with Gasteiger partial charge in [0.15, 0.2) is 5.82 Å². The number of likely N-dealkylation sites (N-methyl/N-ethyl adjacent to an activating group) is 1. The summed E-state index contributed by atoms with van der Waals surface area (Å²) in [6.45, 7) is 0.479. The van der Waals surface area contributed by atoms with Gasteiger partial charge in [0, 0.05) is 44.9 Å². The van der Waals surface area contributed by atoms with E-state index in [1.807, 2.05) is 30.3 Å². The molecule has 2 aromatic heterocycles. The first-order valence-electron chi connectivity index (χ1n) is 14.0. The number of benzene rings is 2. The number of hydrogen-bond donors (Lipinski definition) is 3. The standard InChI is InChI=1S/C30H32FN7O7/c1-36(30(43)45-16-18-6-4-3-5-7-18)14-20(44-2)15-37-17-33-25-22(31)9-8-21(26(25)37)23-10-11-32-28(35-23)34-19-12-24(27(39)40)38(13-19)29(41)42/h3-11,17,19-20,24H,12-16H2,1-2H3,(H,39,40)(H,41,42)(H,32,34,35)/t19-,20?,24-/m0/s1. The number of aromatic nitrogens is 4. The summed E-state index contributed by atoms with van der Waals surface area (Å²) in [4.78, 5) is 51.0. The first-order chi connectivity index (χ1) is 21.6. The van der Waals surface area contributed by atoms with Gasteiger partial charge in [0.25, 0.3) is 0 Å². The summed E-state index contributed by atoms with van der Waals surface area (Å²) in [6.07, 6.45) is 0.669. The van der Waals surface area contributed by atoms with Crippen LogP contribution in [0.4, 0.5) is 19.9 Å². The van der Waals surface area contributed by atoms with Crippen molar-refractivity contribution >= 4 is 35.1 Å². The van der Waals surface area contributed by atoms with E-state index in [9.17, 15) is 29.0 Å². The summed E-state index contributed by atoms with van der Waals surface area (Å²) in [5.41, 5.74) is 2.39. The number of aliphatic carboxylic acids is 1. The lowest BCUT2D eigenvalue weighted by Gasteiger charge is -2.23. The predicted octanol–water partition coefficient (Wildman–Crippen LogP) is 3.53. The molecule has 0 radical (unpaired) electrons. The molecular weight excluding hydrogens is 589 g/mol. The number of amides is 2. The van der Waals surface area contributed by atoms with Crippen molar-refractivity contribution in [1.82, 2.24) is 29.3 Å². The topological polar surface area (TPSA) is 172 Å². The van der Waals surface area contributed by atoms with Crippen LogP contribution in [0.5, 0.6) is 0 Å². The zero-order chi connectivity index (χ0) is 32.1. The molecule has 1 aliphatic rings. The maximum absolute atomic E-state index is 14.9. The molecule has 1 aliphatic heterocycles. The van der Waals surface area contributed by atoms with Gasteiger partial charge in [-0.25, -0.2) is 33.7 Å². The number of carbonyl (C=O) groups excluding carboxylic acids is 1. The van der Waals surface area contributed by atoms with E-state index in [0.29, 0.717) is 16.8 Å². The van der Waals surface area contributed by atoms with Gasteiger partial charge >= 0.3 is 18.2 Å². The average molecular weight is 622 g/mol. The first kappa shape index (κ1) is 31.1. The van der Waals surface area contributed by atoms with Gasteiger partial charge in [0.2, 0.25) is 5.95 Å². The van der Waals surface area contributed by atoms with Crippen LogP contribution in [0.25, 0.3) is 22.3 Å². The minimum atomic E-state index is -1.33. The monoisotopic (exact) mass is 621 g/mol. The number of likely N-dealkylation sites (tertiary alicyclic amines) is 1. The molecule has 3 N–H and O–H groups in total. The normalized spacial score (nSPS) is 16.8. The second kappa shape index (κ2) is 13.5. The number of carbonyl (C=O) groups is 3. The van der Waals surface area contributed by atoms with Crippen LogP contribution in [0.15, 0.2) is 61.1 Å². The van der Waals surface area contributed by atoms with Crippen molar-refractivity contribution in [2.75, 3.05) is 32.6 Å². The lowest BCUT2D eigenvalue weighted by atomic mass is 10.1. The SMILES string of the molecule is COC(CN(C)C(=O)OCc1ccccc1)Cn1cnc2c(F)ccc(-c3ccnc(N[C@H]4C[C@@H](C(=O)O)N(C(=O)O)C4)n3)c21. The van der Waals surface area contributed by atoms with Crippen molar-refractivity contribution in [3.05, 3.63) is 72.4 Å². The van der Waals surface area contributed by atoms with Crippen LogP contribution in [0, 0.1) is 5.82 Å². The molecule has 1 saturated heterocycles. The third kappa shape index (κ3) is 7.09. The summed E-state index contributed by atoms with van der Waals surface area (Å²) in [5.74, 6) is -1.61. The number of carboxylic acid groups (broad SMARTS) is 2. The van der Waals surface area contributed by atoms with E-state index in [1.165, 1.54) is 30.6 Å². The molecule has 236 valence electrons. The molecule has 1 fully saturated rings. The lowest BCUT2D eigenvalue weighted by Crippen LogP contribution is -2.39. The fourth-order valence-corrected chi connectivity index (χ4v) is 5.28. The molecule has 0 bridgehead atoms. The van der Waals surface area contributed by atoms with Crippen molar-refractivity contribution in [3.63, 3.8) is 0 Å². The molecule has 15 heteroatoms. The van der Waals surface area contributed by atoms with Crippen LogP contribution in [-0.4, -0.2) is 103 Å². The van der Waals surface area contributed by atoms with Crippen molar-refractivity contribution in [1.29, 1.82) is 0 Å². The van der Waals surface area contributed by atoms with Gasteiger partial charge < -0.3 is 34.5 Å². The smallest absolute Gasteiger partial charge is 0.409 e. The Morgan fingerprint density at radius 3 is 2.60 bits per heavy atom. The molecule has 0 spiro atoms. The molecule has 14 nitrogen and oxygen atoms in total. The Labute approximate surface area is 257 Å². The van der Waals surface area contributed by atoms with E-state index < -0.39 is 42.2 Å². The largest absolute Gasteiger partial charge is 0.480 e. The van der Waals surface area contributed by atoms with Crippen molar-refractivity contribution in [2.24, 2.45) is 0 Å². The molecule has 5 rings (SSSR count). The van der Waals surface area contributed by atoms with Crippen LogP contribution in [-0.2, 0) is 27.4 Å². The van der Waals surface area contributed by atoms with Crippen LogP contribution in [0.1, 0.15) is 12.0 Å². The Balaban J connectivity index is 1.33. The zero-order valence-electron chi connectivity index (χ0n) is 24.5. The second-order valence-corrected chi connectivity index (χ2v) is 10.6. The molecule has 2 amide bonds. The molecule has 3 atom stereocenters. The van der Waals surface area contributed by atoms with Crippen LogP contribution in [0.2, 0.25) is 0 Å². The maximum Gasteiger partial charge on any atom is 0.409 e. The minimum Gasteiger partial charge on any atom is -0.480 e. The number of nitrogens with one attached hydrogen (secondary N) is 1. The van der Waals surface area contributed by atoms with Crippen molar-refractivity contribution in [3.8, 4) is 11.3 Å². The van der Waals surface area contributed by atoms with Crippen molar-refractivity contribution in [2.45, 2.75) is 37.8 Å². The maximum atomic E-state index is 14.9. The molecule has 4 aromatic rings. The van der Waals surface area contributed by atoms with E-state index >= 15 is 0 Å². The van der Waals surface area contributed by atoms with Crippen molar-refractivity contribution < 1.29 is 38.5 Å². The summed E-state index contributed by atoms with van der Waals surface area (Å²) in [5, 5.41) is 21.8. The van der Waals surface area contributed by atoms with E-state index in [2.05, 4.69) is 20.3 Å². The number of methoxy groups -OCH3 is 1. The molecule has 45 heavy (non-hydrogen) atoms. The van der Waals surface area contributed by atoms with Gasteiger partial charge in [0.1, 0.15) is 18.2 Å². The average Bonchev–Trinajstić information content (AvgIpc) is 3.66. The Bertz CT molecular complexity index is 1660. The number of fused-ring (bicyclic) bond motifs is 1. The summed E-state index contributed by atoms with van der Waals surface area (Å²) in [7, 11) is 3.12. The number of ether oxygens (including phenoxy) is 2. The predicted molar refractivity (Wildman–Crippen MR) is 159 cm³/mol. The number of hydrogen-bond acceptors (Lipinski definition) is 9. The van der Waals surface area contributed by atoms with E-state index in [0.717, 1.165) is 10.5 Å². The van der Waals surface area contributed by atoms with Gasteiger partial charge in [-0.1, -0.05) is 30.3 Å². The number of carboxylic acids is 1. The molecular formula is C30H32FN7O7. The number of nitrogens with zero attached hydrogens (tertiary/aromatic N) is 6. The summed E-state index contributed by atoms with van der Waals surface area (Å²) < 4.78 is 27.7.